The summed E-state index contributed by atoms with van der Waals surface area (Å²) in [6, 6.07) is 4.28. The number of carbonyl (C=O) groups is 1. The van der Waals surface area contributed by atoms with Gasteiger partial charge in [0.15, 0.2) is 0 Å². The normalized spacial score (nSPS) is 11.3. The predicted octanol–water partition coefficient (Wildman–Crippen LogP) is 3.27. The number of hydrazone groups is 1. The van der Waals surface area contributed by atoms with E-state index in [1.54, 1.807) is 17.9 Å². The number of aryl methyl sites for hydroxylation is 1. The number of nitro benzene ring substituents is 1. The summed E-state index contributed by atoms with van der Waals surface area (Å²) >= 11 is 7.30. The number of halogens is 1. The van der Waals surface area contributed by atoms with Crippen LogP contribution in [0.4, 0.5) is 5.69 Å². The molecule has 25 heavy (non-hydrogen) atoms. The van der Waals surface area contributed by atoms with Crippen LogP contribution in [0.25, 0.3) is 10.1 Å². The summed E-state index contributed by atoms with van der Waals surface area (Å²) in [6.07, 6.45) is 3.13. The largest absolute Gasteiger partial charge is 0.283 e. The Morgan fingerprint density at radius 2 is 2.28 bits per heavy atom. The second-order valence-electron chi connectivity index (χ2n) is 5.19. The summed E-state index contributed by atoms with van der Waals surface area (Å²) in [5.74, 6) is -0.480. The molecule has 0 aliphatic rings. The Labute approximate surface area is 150 Å². The van der Waals surface area contributed by atoms with Gasteiger partial charge < -0.3 is 0 Å². The van der Waals surface area contributed by atoms with E-state index in [0.29, 0.717) is 10.1 Å². The molecule has 0 bridgehead atoms. The molecule has 0 aliphatic carbocycles. The molecule has 0 spiro atoms. The van der Waals surface area contributed by atoms with Crippen molar-refractivity contribution in [3.05, 3.63) is 55.7 Å². The lowest BCUT2D eigenvalue weighted by molar-refractivity contribution is -0.384. The van der Waals surface area contributed by atoms with E-state index in [1.165, 1.54) is 24.4 Å². The third-order valence-corrected chi connectivity index (χ3v) is 5.33. The third kappa shape index (κ3) is 3.24. The standard InChI is InChI=1S/C15H12ClN5O3S/c1-8-9(7-18-20(8)2)6-17-19-15(22)14-13(16)11-4-3-10(21(23)24)5-12(11)25-14/h3-7H,1-2H3,(H,19,22)/b17-6-. The van der Waals surface area contributed by atoms with Crippen LogP contribution in [0.15, 0.2) is 29.5 Å². The zero-order chi connectivity index (χ0) is 18.1. The van der Waals surface area contributed by atoms with Crippen molar-refractivity contribution in [3.63, 3.8) is 0 Å². The number of hydrogen-bond acceptors (Lipinski definition) is 6. The Hall–Kier alpha value is -2.78. The quantitative estimate of drug-likeness (QED) is 0.428. The zero-order valence-electron chi connectivity index (χ0n) is 13.2. The number of thiophene rings is 1. The molecule has 8 nitrogen and oxygen atoms in total. The molecule has 1 N–H and O–H groups in total. The number of non-ortho nitro benzene ring substituents is 1. The maximum Gasteiger partial charge on any atom is 0.283 e. The second kappa shape index (κ2) is 6.61. The first-order chi connectivity index (χ1) is 11.9. The molecule has 0 atom stereocenters. The summed E-state index contributed by atoms with van der Waals surface area (Å²) < 4.78 is 2.26. The monoisotopic (exact) mass is 377 g/mol. The molecular weight excluding hydrogens is 366 g/mol. The van der Waals surface area contributed by atoms with Crippen molar-refractivity contribution < 1.29 is 9.72 Å². The van der Waals surface area contributed by atoms with Crippen LogP contribution in [0.2, 0.25) is 5.02 Å². The number of carbonyl (C=O) groups excluding carboxylic acids is 1. The fourth-order valence-electron chi connectivity index (χ4n) is 2.17. The van der Waals surface area contributed by atoms with Crippen molar-refractivity contribution in [2.75, 3.05) is 0 Å². The number of rotatable bonds is 4. The lowest BCUT2D eigenvalue weighted by Gasteiger charge is -1.97. The fraction of sp³-hybridized carbons (Fsp3) is 0.133. The summed E-state index contributed by atoms with van der Waals surface area (Å²) in [5, 5.41) is 19.7. The van der Waals surface area contributed by atoms with Gasteiger partial charge in [0.2, 0.25) is 0 Å². The molecule has 3 rings (SSSR count). The number of hydrogen-bond donors (Lipinski definition) is 1. The molecule has 0 fully saturated rings. The molecule has 0 radical (unpaired) electrons. The minimum atomic E-state index is -0.493. The van der Waals surface area contributed by atoms with Gasteiger partial charge >= 0.3 is 0 Å². The maximum absolute atomic E-state index is 12.3. The minimum Gasteiger partial charge on any atom is -0.272 e. The first-order valence-corrected chi connectivity index (χ1v) is 8.26. The number of fused-ring (bicyclic) bond motifs is 1. The van der Waals surface area contributed by atoms with Gasteiger partial charge in [0.05, 0.1) is 22.4 Å². The van der Waals surface area contributed by atoms with Crippen LogP contribution in [0.3, 0.4) is 0 Å². The van der Waals surface area contributed by atoms with Crippen LogP contribution >= 0.6 is 22.9 Å². The highest BCUT2D eigenvalue weighted by atomic mass is 35.5. The van der Waals surface area contributed by atoms with E-state index in [0.717, 1.165) is 22.6 Å². The van der Waals surface area contributed by atoms with Gasteiger partial charge in [-0.1, -0.05) is 11.6 Å². The van der Waals surface area contributed by atoms with E-state index in [9.17, 15) is 14.9 Å². The summed E-state index contributed by atoms with van der Waals surface area (Å²) in [7, 11) is 1.81. The zero-order valence-corrected chi connectivity index (χ0v) is 14.8. The molecule has 2 heterocycles. The Morgan fingerprint density at radius 3 is 2.92 bits per heavy atom. The number of aromatic nitrogens is 2. The van der Waals surface area contributed by atoms with Crippen molar-refractivity contribution in [1.29, 1.82) is 0 Å². The smallest absolute Gasteiger partial charge is 0.272 e. The van der Waals surface area contributed by atoms with Crippen molar-refractivity contribution in [3.8, 4) is 0 Å². The Kier molecular flexibility index (Phi) is 4.51. The van der Waals surface area contributed by atoms with Crippen LogP contribution in [0.5, 0.6) is 0 Å². The van der Waals surface area contributed by atoms with E-state index in [1.807, 2.05) is 6.92 Å². The summed E-state index contributed by atoms with van der Waals surface area (Å²) in [5.41, 5.74) is 4.04. The van der Waals surface area contributed by atoms with E-state index < -0.39 is 10.8 Å². The number of nitrogens with zero attached hydrogens (tertiary/aromatic N) is 4. The fourth-order valence-corrected chi connectivity index (χ4v) is 3.61. The highest BCUT2D eigenvalue weighted by molar-refractivity contribution is 7.21. The van der Waals surface area contributed by atoms with Gasteiger partial charge in [-0.2, -0.15) is 10.2 Å². The van der Waals surface area contributed by atoms with Gasteiger partial charge in [0, 0.05) is 40.5 Å². The molecule has 10 heteroatoms. The Bertz CT molecular complexity index is 1020. The SMILES string of the molecule is Cc1c(/C=N\NC(=O)c2sc3cc([N+](=O)[O-])ccc3c2Cl)cnn1C. The van der Waals surface area contributed by atoms with Gasteiger partial charge in [-0.3, -0.25) is 19.6 Å². The molecule has 0 saturated heterocycles. The Balaban J connectivity index is 1.83. The minimum absolute atomic E-state index is 0.0533. The van der Waals surface area contributed by atoms with E-state index in [-0.39, 0.29) is 15.6 Å². The molecule has 1 aromatic carbocycles. The average Bonchev–Trinajstić information content (AvgIpc) is 3.08. The summed E-state index contributed by atoms with van der Waals surface area (Å²) in [6.45, 7) is 1.88. The lowest BCUT2D eigenvalue weighted by atomic mass is 10.2. The van der Waals surface area contributed by atoms with Crippen molar-refractivity contribution in [2.45, 2.75) is 6.92 Å². The van der Waals surface area contributed by atoms with Crippen LogP contribution < -0.4 is 5.43 Å². The van der Waals surface area contributed by atoms with Gasteiger partial charge in [0.1, 0.15) is 4.88 Å². The molecule has 0 aliphatic heterocycles. The van der Waals surface area contributed by atoms with Crippen LogP contribution in [0, 0.1) is 17.0 Å². The highest BCUT2D eigenvalue weighted by Gasteiger charge is 2.18. The van der Waals surface area contributed by atoms with Crippen molar-refractivity contribution in [1.82, 2.24) is 15.2 Å². The van der Waals surface area contributed by atoms with E-state index in [4.69, 9.17) is 11.6 Å². The maximum atomic E-state index is 12.3. The number of benzene rings is 1. The highest BCUT2D eigenvalue weighted by Crippen LogP contribution is 2.37. The number of nitro groups is 1. The van der Waals surface area contributed by atoms with Crippen LogP contribution in [0.1, 0.15) is 20.9 Å². The van der Waals surface area contributed by atoms with Gasteiger partial charge in [-0.15, -0.1) is 11.3 Å². The van der Waals surface area contributed by atoms with E-state index in [2.05, 4.69) is 15.6 Å². The topological polar surface area (TPSA) is 102 Å². The van der Waals surface area contributed by atoms with Gasteiger partial charge in [-0.25, -0.2) is 5.43 Å². The molecule has 0 saturated carbocycles. The molecule has 0 unspecified atom stereocenters. The number of nitrogens with one attached hydrogen (secondary N) is 1. The number of amides is 1. The van der Waals surface area contributed by atoms with Crippen LogP contribution in [-0.4, -0.2) is 26.8 Å². The average molecular weight is 378 g/mol. The molecule has 1 amide bonds. The van der Waals surface area contributed by atoms with Gasteiger partial charge in [0.25, 0.3) is 11.6 Å². The molecule has 128 valence electrons. The molecule has 3 aromatic rings. The van der Waals surface area contributed by atoms with Crippen LogP contribution in [-0.2, 0) is 7.05 Å². The summed E-state index contributed by atoms with van der Waals surface area (Å²) in [4.78, 5) is 22.9. The van der Waals surface area contributed by atoms with Crippen molar-refractivity contribution in [2.24, 2.45) is 12.1 Å². The Morgan fingerprint density at radius 1 is 1.52 bits per heavy atom. The molecular formula is C15H12ClN5O3S. The first-order valence-electron chi connectivity index (χ1n) is 7.07. The van der Waals surface area contributed by atoms with Crippen molar-refractivity contribution >= 4 is 50.8 Å². The second-order valence-corrected chi connectivity index (χ2v) is 6.62. The van der Waals surface area contributed by atoms with Gasteiger partial charge in [-0.05, 0) is 13.0 Å². The first kappa shape index (κ1) is 17.1. The lowest BCUT2D eigenvalue weighted by Crippen LogP contribution is -2.16. The van der Waals surface area contributed by atoms with E-state index >= 15 is 0 Å². The predicted molar refractivity (Wildman–Crippen MR) is 96.5 cm³/mol. The third-order valence-electron chi connectivity index (χ3n) is 3.67. The molecule has 2 aromatic heterocycles.